The molecule has 3 heteroatoms. The molecule has 0 aliphatic rings. The molecule has 0 heterocycles. The number of ether oxygens (including phenoxy) is 2. The number of nitrogens with zero attached hydrogens (tertiary/aromatic N) is 1. The molecule has 3 nitrogen and oxygen atoms in total. The molecule has 124 valence electrons. The zero-order valence-electron chi connectivity index (χ0n) is 14.5. The van der Waals surface area contributed by atoms with Crippen LogP contribution >= 0.6 is 0 Å². The van der Waals surface area contributed by atoms with Gasteiger partial charge in [-0.15, -0.1) is 0 Å². The van der Waals surface area contributed by atoms with E-state index in [0.717, 1.165) is 12.1 Å². The standard InChI is InChI=1S/C20H27NO2/c1-17(2)21(19-13-9-6-10-14-19)20(23-4,16-22-3)15-18-11-7-5-8-12-18/h5-14,17H,15-16H2,1-4H3. The maximum Gasteiger partial charge on any atom is 0.168 e. The van der Waals surface area contributed by atoms with E-state index in [1.165, 1.54) is 5.56 Å². The molecule has 23 heavy (non-hydrogen) atoms. The quantitative estimate of drug-likeness (QED) is 0.684. The van der Waals surface area contributed by atoms with Gasteiger partial charge in [0, 0.05) is 32.4 Å². The van der Waals surface area contributed by atoms with Gasteiger partial charge in [-0.1, -0.05) is 48.5 Å². The van der Waals surface area contributed by atoms with Gasteiger partial charge in [0.2, 0.25) is 0 Å². The van der Waals surface area contributed by atoms with E-state index < -0.39 is 5.72 Å². The summed E-state index contributed by atoms with van der Waals surface area (Å²) in [5.74, 6) is 0. The molecule has 0 bridgehead atoms. The molecule has 0 spiro atoms. The molecule has 0 fully saturated rings. The highest BCUT2D eigenvalue weighted by Gasteiger charge is 2.39. The fourth-order valence-electron chi connectivity index (χ4n) is 3.17. The molecule has 1 atom stereocenters. The second-order valence-electron chi connectivity index (χ2n) is 6.05. The second kappa shape index (κ2) is 8.14. The van der Waals surface area contributed by atoms with Gasteiger partial charge in [0.25, 0.3) is 0 Å². The van der Waals surface area contributed by atoms with Crippen LogP contribution in [0.5, 0.6) is 0 Å². The van der Waals surface area contributed by atoms with Crippen molar-refractivity contribution in [1.82, 2.24) is 0 Å². The summed E-state index contributed by atoms with van der Waals surface area (Å²) in [7, 11) is 3.49. The van der Waals surface area contributed by atoms with Gasteiger partial charge in [-0.05, 0) is 31.5 Å². The van der Waals surface area contributed by atoms with Crippen LogP contribution in [0.2, 0.25) is 0 Å². The maximum atomic E-state index is 6.06. The zero-order valence-corrected chi connectivity index (χ0v) is 14.5. The van der Waals surface area contributed by atoms with Crippen LogP contribution < -0.4 is 4.90 Å². The van der Waals surface area contributed by atoms with Crippen LogP contribution in [0.25, 0.3) is 0 Å². The molecular weight excluding hydrogens is 286 g/mol. The van der Waals surface area contributed by atoms with E-state index >= 15 is 0 Å². The first-order valence-corrected chi connectivity index (χ1v) is 8.05. The van der Waals surface area contributed by atoms with Crippen molar-refractivity contribution in [3.8, 4) is 0 Å². The van der Waals surface area contributed by atoms with Gasteiger partial charge in [-0.3, -0.25) is 0 Å². The third-order valence-corrected chi connectivity index (χ3v) is 4.06. The first-order chi connectivity index (χ1) is 11.1. The van der Waals surface area contributed by atoms with E-state index in [1.54, 1.807) is 14.2 Å². The summed E-state index contributed by atoms with van der Waals surface area (Å²) in [4.78, 5) is 2.31. The van der Waals surface area contributed by atoms with Gasteiger partial charge in [-0.25, -0.2) is 0 Å². The Bertz CT molecular complexity index is 571. The molecule has 0 saturated heterocycles. The van der Waals surface area contributed by atoms with Gasteiger partial charge >= 0.3 is 0 Å². The Labute approximate surface area is 139 Å². The van der Waals surface area contributed by atoms with Crippen LogP contribution in [-0.2, 0) is 15.9 Å². The van der Waals surface area contributed by atoms with Gasteiger partial charge in [0.05, 0.1) is 6.61 Å². The van der Waals surface area contributed by atoms with Crippen molar-refractivity contribution in [2.75, 3.05) is 25.7 Å². The van der Waals surface area contributed by atoms with E-state index in [1.807, 2.05) is 12.1 Å². The predicted molar refractivity (Wildman–Crippen MR) is 95.8 cm³/mol. The van der Waals surface area contributed by atoms with Crippen molar-refractivity contribution in [2.24, 2.45) is 0 Å². The number of anilines is 1. The van der Waals surface area contributed by atoms with Gasteiger partial charge in [-0.2, -0.15) is 0 Å². The molecule has 2 rings (SSSR count). The van der Waals surface area contributed by atoms with E-state index in [0.29, 0.717) is 6.61 Å². The number of methoxy groups -OCH3 is 2. The largest absolute Gasteiger partial charge is 0.380 e. The van der Waals surface area contributed by atoms with Crippen molar-refractivity contribution in [2.45, 2.75) is 32.0 Å². The van der Waals surface area contributed by atoms with Crippen molar-refractivity contribution in [3.05, 3.63) is 66.2 Å². The minimum atomic E-state index is -0.550. The fourth-order valence-corrected chi connectivity index (χ4v) is 3.17. The summed E-state index contributed by atoms with van der Waals surface area (Å²) in [6, 6.07) is 21.1. The minimum absolute atomic E-state index is 0.274. The molecule has 0 radical (unpaired) electrons. The molecule has 0 aromatic heterocycles. The Kier molecular flexibility index (Phi) is 6.20. The van der Waals surface area contributed by atoms with Crippen LogP contribution in [0, 0.1) is 0 Å². The van der Waals surface area contributed by atoms with Crippen LogP contribution in [0.1, 0.15) is 19.4 Å². The van der Waals surface area contributed by atoms with Crippen molar-refractivity contribution in [3.63, 3.8) is 0 Å². The van der Waals surface area contributed by atoms with E-state index in [9.17, 15) is 0 Å². The number of hydrogen-bond acceptors (Lipinski definition) is 3. The normalized spacial score (nSPS) is 13.8. The molecule has 2 aromatic rings. The van der Waals surface area contributed by atoms with Crippen molar-refractivity contribution < 1.29 is 9.47 Å². The number of hydrogen-bond donors (Lipinski definition) is 0. The number of para-hydroxylation sites is 1. The lowest BCUT2D eigenvalue weighted by Crippen LogP contribution is -2.58. The van der Waals surface area contributed by atoms with E-state index in [-0.39, 0.29) is 6.04 Å². The molecular formula is C20H27NO2. The molecule has 0 aliphatic heterocycles. The smallest absolute Gasteiger partial charge is 0.168 e. The van der Waals surface area contributed by atoms with Gasteiger partial charge in [0.15, 0.2) is 5.72 Å². The highest BCUT2D eigenvalue weighted by Crippen LogP contribution is 2.31. The lowest BCUT2D eigenvalue weighted by atomic mass is 9.98. The van der Waals surface area contributed by atoms with Crippen LogP contribution in [0.15, 0.2) is 60.7 Å². The third kappa shape index (κ3) is 4.12. The van der Waals surface area contributed by atoms with E-state index in [4.69, 9.17) is 9.47 Å². The topological polar surface area (TPSA) is 21.7 Å². The van der Waals surface area contributed by atoms with Crippen molar-refractivity contribution >= 4 is 5.69 Å². The first kappa shape index (κ1) is 17.5. The molecule has 1 unspecified atom stereocenters. The van der Waals surface area contributed by atoms with Crippen LogP contribution in [-0.4, -0.2) is 32.6 Å². The van der Waals surface area contributed by atoms with E-state index in [2.05, 4.69) is 67.3 Å². The summed E-state index contributed by atoms with van der Waals surface area (Å²) >= 11 is 0. The zero-order chi connectivity index (χ0) is 16.7. The Morgan fingerprint density at radius 1 is 0.913 bits per heavy atom. The summed E-state index contributed by atoms with van der Waals surface area (Å²) in [6.07, 6.45) is 0.755. The van der Waals surface area contributed by atoms with Crippen molar-refractivity contribution in [1.29, 1.82) is 0 Å². The van der Waals surface area contributed by atoms with Gasteiger partial charge < -0.3 is 14.4 Å². The Hall–Kier alpha value is -1.84. The fraction of sp³-hybridized carbons (Fsp3) is 0.400. The first-order valence-electron chi connectivity index (χ1n) is 8.05. The third-order valence-electron chi connectivity index (χ3n) is 4.06. The highest BCUT2D eigenvalue weighted by atomic mass is 16.5. The average molecular weight is 313 g/mol. The molecule has 0 saturated carbocycles. The van der Waals surface area contributed by atoms with Crippen LogP contribution in [0.4, 0.5) is 5.69 Å². The van der Waals surface area contributed by atoms with Crippen LogP contribution in [0.3, 0.4) is 0 Å². The molecule has 0 N–H and O–H groups in total. The number of rotatable bonds is 8. The molecule has 0 aliphatic carbocycles. The Morgan fingerprint density at radius 2 is 1.48 bits per heavy atom. The maximum absolute atomic E-state index is 6.06. The molecule has 0 amide bonds. The predicted octanol–water partition coefficient (Wildman–Crippen LogP) is 4.13. The summed E-state index contributed by atoms with van der Waals surface area (Å²) in [6.45, 7) is 4.86. The average Bonchev–Trinajstić information content (AvgIpc) is 2.56. The highest BCUT2D eigenvalue weighted by molar-refractivity contribution is 5.49. The lowest BCUT2D eigenvalue weighted by molar-refractivity contribution is -0.0688. The minimum Gasteiger partial charge on any atom is -0.380 e. The summed E-state index contributed by atoms with van der Waals surface area (Å²) in [5.41, 5.74) is 1.82. The molecule has 2 aromatic carbocycles. The van der Waals surface area contributed by atoms with Gasteiger partial charge in [0.1, 0.15) is 0 Å². The Balaban J connectivity index is 2.45. The Morgan fingerprint density at radius 3 is 1.96 bits per heavy atom. The monoisotopic (exact) mass is 313 g/mol. The lowest BCUT2D eigenvalue weighted by Gasteiger charge is -2.46. The SMILES string of the molecule is COCC(Cc1ccccc1)(OC)N(c1ccccc1)C(C)C. The summed E-state index contributed by atoms with van der Waals surface area (Å²) in [5, 5.41) is 0. The second-order valence-corrected chi connectivity index (χ2v) is 6.05. The summed E-state index contributed by atoms with van der Waals surface area (Å²) < 4.78 is 11.6. The number of benzene rings is 2.